The highest BCUT2D eigenvalue weighted by molar-refractivity contribution is 7.89. The first-order valence-corrected chi connectivity index (χ1v) is 10.4. The highest BCUT2D eigenvalue weighted by Crippen LogP contribution is 2.23. The van der Waals surface area contributed by atoms with E-state index in [0.29, 0.717) is 11.6 Å². The van der Waals surface area contributed by atoms with Crippen LogP contribution in [-0.2, 0) is 19.6 Å². The number of carbonyl (C=O) groups is 2. The van der Waals surface area contributed by atoms with Gasteiger partial charge in [0.15, 0.2) is 0 Å². The third kappa shape index (κ3) is 5.81. The molecule has 2 amide bonds. The fourth-order valence-corrected chi connectivity index (χ4v) is 4.21. The molecule has 8 heteroatoms. The minimum atomic E-state index is -3.82. The molecule has 1 aliphatic carbocycles. The Labute approximate surface area is 155 Å². The molecule has 1 fully saturated rings. The van der Waals surface area contributed by atoms with E-state index in [1.165, 1.54) is 38.1 Å². The van der Waals surface area contributed by atoms with E-state index in [0.717, 1.165) is 25.7 Å². The molecule has 1 saturated carbocycles. The summed E-state index contributed by atoms with van der Waals surface area (Å²) in [5.74, 6) is 0.128. The first-order chi connectivity index (χ1) is 12.2. The minimum absolute atomic E-state index is 0.0396. The summed E-state index contributed by atoms with van der Waals surface area (Å²) in [6, 6.07) is 5.03. The number of nitrogens with one attached hydrogen (secondary N) is 3. The van der Waals surface area contributed by atoms with Crippen LogP contribution in [0.1, 0.15) is 46.5 Å². The van der Waals surface area contributed by atoms with Crippen LogP contribution in [0.5, 0.6) is 0 Å². The van der Waals surface area contributed by atoms with Crippen LogP contribution in [0.3, 0.4) is 0 Å². The van der Waals surface area contributed by atoms with Crippen LogP contribution in [0.25, 0.3) is 0 Å². The molecule has 1 aromatic carbocycles. The van der Waals surface area contributed by atoms with Crippen LogP contribution in [-0.4, -0.2) is 32.3 Å². The van der Waals surface area contributed by atoms with Gasteiger partial charge in [-0.05, 0) is 62.8 Å². The molecule has 0 radical (unpaired) electrons. The first kappa shape index (κ1) is 20.4. The number of sulfonamides is 1. The summed E-state index contributed by atoms with van der Waals surface area (Å²) in [6.45, 7) is 5.11. The molecule has 1 aliphatic rings. The third-order valence-corrected chi connectivity index (χ3v) is 6.13. The molecular weight excluding hydrogens is 354 g/mol. The summed E-state index contributed by atoms with van der Waals surface area (Å²) in [4.78, 5) is 23.3. The van der Waals surface area contributed by atoms with E-state index in [2.05, 4.69) is 22.3 Å². The summed E-state index contributed by atoms with van der Waals surface area (Å²) >= 11 is 0. The standard InChI is InChI=1S/C18H27N3O4S/c1-12-4-6-16(7-5-12)20-18(23)13(2)21-26(24,25)17-10-8-15(9-11-17)19-14(3)22/h8-13,16,21H,4-7H2,1-3H3,(H,19,22)(H,20,23)/t12?,13-,16?/m0/s1. The van der Waals surface area contributed by atoms with Crippen LogP contribution in [0.4, 0.5) is 5.69 Å². The van der Waals surface area contributed by atoms with Crippen molar-refractivity contribution in [2.75, 3.05) is 5.32 Å². The fourth-order valence-electron chi connectivity index (χ4n) is 3.01. The molecule has 7 nitrogen and oxygen atoms in total. The van der Waals surface area contributed by atoms with Gasteiger partial charge in [-0.1, -0.05) is 6.92 Å². The van der Waals surface area contributed by atoms with Crippen LogP contribution in [0.15, 0.2) is 29.2 Å². The largest absolute Gasteiger partial charge is 0.352 e. The second-order valence-electron chi connectivity index (χ2n) is 7.01. The number of anilines is 1. The van der Waals surface area contributed by atoms with E-state index >= 15 is 0 Å². The summed E-state index contributed by atoms with van der Waals surface area (Å²) < 4.78 is 27.3. The number of rotatable bonds is 6. The number of benzene rings is 1. The second kappa shape index (κ2) is 8.64. The molecule has 1 aromatic rings. The molecule has 0 spiro atoms. The van der Waals surface area contributed by atoms with Gasteiger partial charge in [0.1, 0.15) is 0 Å². The predicted octanol–water partition coefficient (Wildman–Crippen LogP) is 2.01. The average molecular weight is 381 g/mol. The van der Waals surface area contributed by atoms with Crippen molar-refractivity contribution in [1.29, 1.82) is 0 Å². The van der Waals surface area contributed by atoms with E-state index in [9.17, 15) is 18.0 Å². The van der Waals surface area contributed by atoms with Crippen molar-refractivity contribution in [3.63, 3.8) is 0 Å². The van der Waals surface area contributed by atoms with Crippen molar-refractivity contribution in [2.45, 2.75) is 63.4 Å². The minimum Gasteiger partial charge on any atom is -0.352 e. The van der Waals surface area contributed by atoms with Gasteiger partial charge in [-0.2, -0.15) is 4.72 Å². The van der Waals surface area contributed by atoms with Gasteiger partial charge in [0.2, 0.25) is 21.8 Å². The maximum Gasteiger partial charge on any atom is 0.241 e. The molecule has 26 heavy (non-hydrogen) atoms. The molecule has 0 aromatic heterocycles. The Hall–Kier alpha value is -1.93. The third-order valence-electron chi connectivity index (χ3n) is 4.57. The molecule has 0 bridgehead atoms. The van der Waals surface area contributed by atoms with Gasteiger partial charge in [0.05, 0.1) is 10.9 Å². The van der Waals surface area contributed by atoms with Gasteiger partial charge in [0.25, 0.3) is 0 Å². The lowest BCUT2D eigenvalue weighted by Crippen LogP contribution is -2.48. The molecule has 0 unspecified atom stereocenters. The maximum absolute atomic E-state index is 12.4. The van der Waals surface area contributed by atoms with Crippen molar-refractivity contribution in [3.8, 4) is 0 Å². The molecule has 3 N–H and O–H groups in total. The lowest BCUT2D eigenvalue weighted by atomic mass is 9.87. The predicted molar refractivity (Wildman–Crippen MR) is 100 cm³/mol. The van der Waals surface area contributed by atoms with Crippen molar-refractivity contribution < 1.29 is 18.0 Å². The van der Waals surface area contributed by atoms with Gasteiger partial charge in [-0.15, -0.1) is 0 Å². The lowest BCUT2D eigenvalue weighted by molar-refractivity contribution is -0.123. The normalized spacial score (nSPS) is 21.7. The zero-order valence-electron chi connectivity index (χ0n) is 15.4. The molecule has 1 atom stereocenters. The molecular formula is C18H27N3O4S. The SMILES string of the molecule is CC(=O)Nc1ccc(S(=O)(=O)N[C@@H](C)C(=O)NC2CCC(C)CC2)cc1. The smallest absolute Gasteiger partial charge is 0.241 e. The Morgan fingerprint density at radius 3 is 2.19 bits per heavy atom. The van der Waals surface area contributed by atoms with Crippen LogP contribution in [0, 0.1) is 5.92 Å². The van der Waals surface area contributed by atoms with Gasteiger partial charge < -0.3 is 10.6 Å². The van der Waals surface area contributed by atoms with Gasteiger partial charge in [-0.3, -0.25) is 9.59 Å². The summed E-state index contributed by atoms with van der Waals surface area (Å²) in [7, 11) is -3.82. The molecule has 0 aliphatic heterocycles. The topological polar surface area (TPSA) is 104 Å². The second-order valence-corrected chi connectivity index (χ2v) is 8.73. The fraction of sp³-hybridized carbons (Fsp3) is 0.556. The van der Waals surface area contributed by atoms with E-state index in [1.807, 2.05) is 0 Å². The Bertz CT molecular complexity index is 738. The van der Waals surface area contributed by atoms with Crippen molar-refractivity contribution in [2.24, 2.45) is 5.92 Å². The maximum atomic E-state index is 12.4. The summed E-state index contributed by atoms with van der Waals surface area (Å²) in [5.41, 5.74) is 0.508. The van der Waals surface area contributed by atoms with Gasteiger partial charge >= 0.3 is 0 Å². The summed E-state index contributed by atoms with van der Waals surface area (Å²) in [5, 5.41) is 5.50. The summed E-state index contributed by atoms with van der Waals surface area (Å²) in [6.07, 6.45) is 4.01. The van der Waals surface area contributed by atoms with Crippen molar-refractivity contribution >= 4 is 27.5 Å². The Kier molecular flexibility index (Phi) is 6.77. The van der Waals surface area contributed by atoms with Crippen LogP contribution in [0.2, 0.25) is 0 Å². The van der Waals surface area contributed by atoms with Gasteiger partial charge in [0, 0.05) is 18.7 Å². The van der Waals surface area contributed by atoms with Crippen molar-refractivity contribution in [1.82, 2.24) is 10.0 Å². The number of hydrogen-bond donors (Lipinski definition) is 3. The highest BCUT2D eigenvalue weighted by atomic mass is 32.2. The Morgan fingerprint density at radius 1 is 1.08 bits per heavy atom. The molecule has 144 valence electrons. The Morgan fingerprint density at radius 2 is 1.65 bits per heavy atom. The number of amides is 2. The molecule has 2 rings (SSSR count). The lowest BCUT2D eigenvalue weighted by Gasteiger charge is -2.28. The quantitative estimate of drug-likeness (QED) is 0.701. The van der Waals surface area contributed by atoms with E-state index in [4.69, 9.17) is 0 Å². The number of hydrogen-bond acceptors (Lipinski definition) is 4. The molecule has 0 saturated heterocycles. The zero-order valence-corrected chi connectivity index (χ0v) is 16.2. The van der Waals surface area contributed by atoms with Crippen molar-refractivity contribution in [3.05, 3.63) is 24.3 Å². The van der Waals surface area contributed by atoms with Crippen LogP contribution >= 0.6 is 0 Å². The van der Waals surface area contributed by atoms with Gasteiger partial charge in [-0.25, -0.2) is 8.42 Å². The molecule has 0 heterocycles. The highest BCUT2D eigenvalue weighted by Gasteiger charge is 2.25. The monoisotopic (exact) mass is 381 g/mol. The van der Waals surface area contributed by atoms with Crippen LogP contribution < -0.4 is 15.4 Å². The zero-order chi connectivity index (χ0) is 19.3. The van der Waals surface area contributed by atoms with E-state index < -0.39 is 16.1 Å². The number of carbonyl (C=O) groups excluding carboxylic acids is 2. The van der Waals surface area contributed by atoms with E-state index in [1.54, 1.807) is 0 Å². The van der Waals surface area contributed by atoms with E-state index in [-0.39, 0.29) is 22.8 Å². The average Bonchev–Trinajstić information content (AvgIpc) is 2.56. The first-order valence-electron chi connectivity index (χ1n) is 8.87. The Balaban J connectivity index is 1.94.